The molecule has 5 nitrogen and oxygen atoms in total. The number of hydrogen-bond acceptors (Lipinski definition) is 5. The van der Waals surface area contributed by atoms with Crippen LogP contribution in [-0.4, -0.2) is 30.0 Å². The Morgan fingerprint density at radius 3 is 2.11 bits per heavy atom. The lowest BCUT2D eigenvalue weighted by atomic mass is 10.1. The summed E-state index contributed by atoms with van der Waals surface area (Å²) >= 11 is 0. The Morgan fingerprint density at radius 1 is 0.929 bits per heavy atom. The van der Waals surface area contributed by atoms with Crippen LogP contribution in [0.25, 0.3) is 10.9 Å². The van der Waals surface area contributed by atoms with Gasteiger partial charge < -0.3 is 9.47 Å². The fourth-order valence-corrected chi connectivity index (χ4v) is 2.46. The summed E-state index contributed by atoms with van der Waals surface area (Å²) in [6.45, 7) is 5.53. The largest absolute Gasteiger partial charge is 0.493 e. The number of benzene rings is 1. The number of aromatic nitrogens is 2. The number of carbonyl (C=O) groups excluding carboxylic acids is 1. The lowest BCUT2D eigenvalue weighted by Gasteiger charge is -2.08. The van der Waals surface area contributed by atoms with E-state index in [1.165, 1.54) is 0 Å². The first-order chi connectivity index (χ1) is 12.4. The molecule has 0 saturated carbocycles. The predicted molar refractivity (Wildman–Crippen MR) is 116 cm³/mol. The smallest absolute Gasteiger partial charge is 0.162 e. The highest BCUT2D eigenvalue weighted by Crippen LogP contribution is 2.31. The highest BCUT2D eigenvalue weighted by molar-refractivity contribution is 5.83. The number of nitrogens with zero attached hydrogens (tertiary/aromatic N) is 2. The van der Waals surface area contributed by atoms with E-state index < -0.39 is 0 Å². The molecule has 152 valence electrons. The van der Waals surface area contributed by atoms with Crippen LogP contribution in [0.5, 0.6) is 11.5 Å². The number of hydrogen-bond donors (Lipinski definition) is 0. The first kappa shape index (κ1) is 25.1. The van der Waals surface area contributed by atoms with E-state index in [9.17, 15) is 4.79 Å². The summed E-state index contributed by atoms with van der Waals surface area (Å²) < 4.78 is 10.4. The van der Waals surface area contributed by atoms with Crippen molar-refractivity contribution in [2.24, 2.45) is 0 Å². The van der Waals surface area contributed by atoms with Crippen LogP contribution in [0.4, 0.5) is 0 Å². The van der Waals surface area contributed by atoms with Gasteiger partial charge >= 0.3 is 0 Å². The van der Waals surface area contributed by atoms with Gasteiger partial charge in [-0.15, -0.1) is 0 Å². The third kappa shape index (κ3) is 6.99. The Labute approximate surface area is 168 Å². The second-order valence-electron chi connectivity index (χ2n) is 6.10. The molecule has 0 amide bonds. The topological polar surface area (TPSA) is 61.3 Å². The number of Topliss-reactive ketones (excluding diaryl/α,β-unsaturated/α-hetero) is 1. The summed E-state index contributed by atoms with van der Waals surface area (Å²) in [6.07, 6.45) is 4.08. The molecule has 3 aromatic rings. The molecule has 28 heavy (non-hydrogen) atoms. The van der Waals surface area contributed by atoms with E-state index in [0.29, 0.717) is 12.2 Å². The van der Waals surface area contributed by atoms with Crippen LogP contribution in [0.1, 0.15) is 38.6 Å². The van der Waals surface area contributed by atoms with Crippen molar-refractivity contribution in [2.45, 2.75) is 42.0 Å². The summed E-state index contributed by atoms with van der Waals surface area (Å²) in [5.74, 6) is 1.62. The van der Waals surface area contributed by atoms with E-state index in [0.717, 1.165) is 33.5 Å². The third-order valence-electron chi connectivity index (χ3n) is 3.75. The van der Waals surface area contributed by atoms with Gasteiger partial charge in [0.05, 0.1) is 19.7 Å². The molecule has 0 aliphatic carbocycles. The number of rotatable bonds is 4. The molecule has 0 fully saturated rings. The number of carbonyl (C=O) groups is 1. The van der Waals surface area contributed by atoms with Gasteiger partial charge in [0.1, 0.15) is 5.78 Å². The van der Waals surface area contributed by atoms with Gasteiger partial charge in [-0.05, 0) is 50.1 Å². The van der Waals surface area contributed by atoms with E-state index in [4.69, 9.17) is 9.47 Å². The summed E-state index contributed by atoms with van der Waals surface area (Å²) in [5.41, 5.74) is 4.02. The number of pyridine rings is 2. The normalized spacial score (nSPS) is 9.32. The van der Waals surface area contributed by atoms with Gasteiger partial charge in [0, 0.05) is 36.0 Å². The van der Waals surface area contributed by atoms with Gasteiger partial charge in [-0.1, -0.05) is 20.9 Å². The highest BCUT2D eigenvalue weighted by Gasteiger charge is 2.06. The minimum absolute atomic E-state index is 0. The Morgan fingerprint density at radius 2 is 1.57 bits per heavy atom. The monoisotopic (exact) mass is 384 g/mol. The SMILES string of the molecule is C.C.CC(=O)Cc1ccc(C)nc1.COc1cc2cc(C)cnc2cc1OC. The zero-order chi connectivity index (χ0) is 19.1. The molecule has 1 aromatic carbocycles. The molecule has 0 aliphatic heterocycles. The molecule has 0 atom stereocenters. The van der Waals surface area contributed by atoms with Crippen LogP contribution in [0.15, 0.2) is 42.7 Å². The van der Waals surface area contributed by atoms with Gasteiger partial charge in [0.15, 0.2) is 11.5 Å². The van der Waals surface area contributed by atoms with Crippen molar-refractivity contribution in [3.63, 3.8) is 0 Å². The third-order valence-corrected chi connectivity index (χ3v) is 3.75. The van der Waals surface area contributed by atoms with Gasteiger partial charge in [0.2, 0.25) is 0 Å². The maximum absolute atomic E-state index is 10.7. The van der Waals surface area contributed by atoms with Gasteiger partial charge in [-0.25, -0.2) is 0 Å². The predicted octanol–water partition coefficient (Wildman–Crippen LogP) is 5.35. The number of fused-ring (bicyclic) bond motifs is 1. The fourth-order valence-electron chi connectivity index (χ4n) is 2.46. The number of methoxy groups -OCH3 is 2. The minimum Gasteiger partial charge on any atom is -0.493 e. The Balaban J connectivity index is 0.000000507. The van der Waals surface area contributed by atoms with Crippen molar-refractivity contribution < 1.29 is 14.3 Å². The molecule has 0 spiro atoms. The second-order valence-corrected chi connectivity index (χ2v) is 6.10. The molecule has 2 aromatic heterocycles. The average molecular weight is 385 g/mol. The Hall–Kier alpha value is -2.95. The molecule has 0 radical (unpaired) electrons. The van der Waals surface area contributed by atoms with E-state index >= 15 is 0 Å². The van der Waals surface area contributed by atoms with Crippen LogP contribution >= 0.6 is 0 Å². The Kier molecular flexibility index (Phi) is 10.5. The molecule has 3 rings (SSSR count). The van der Waals surface area contributed by atoms with E-state index in [2.05, 4.69) is 16.0 Å². The average Bonchev–Trinajstić information content (AvgIpc) is 2.62. The molecule has 0 bridgehead atoms. The highest BCUT2D eigenvalue weighted by atomic mass is 16.5. The lowest BCUT2D eigenvalue weighted by molar-refractivity contribution is -0.116. The van der Waals surface area contributed by atoms with Crippen molar-refractivity contribution in [2.75, 3.05) is 14.2 Å². The summed E-state index contributed by atoms with van der Waals surface area (Å²) in [4.78, 5) is 19.1. The Bertz CT molecular complexity index is 890. The molecular formula is C23H32N2O3. The van der Waals surface area contributed by atoms with Crippen molar-refractivity contribution in [3.05, 3.63) is 59.5 Å². The first-order valence-electron chi connectivity index (χ1n) is 8.32. The number of ketones is 1. The van der Waals surface area contributed by atoms with Crippen LogP contribution < -0.4 is 9.47 Å². The van der Waals surface area contributed by atoms with Crippen LogP contribution in [0.3, 0.4) is 0 Å². The molecule has 0 aliphatic rings. The van der Waals surface area contributed by atoms with Crippen molar-refractivity contribution >= 4 is 16.7 Å². The van der Waals surface area contributed by atoms with Gasteiger partial charge in [0.25, 0.3) is 0 Å². The molecular weight excluding hydrogens is 352 g/mol. The van der Waals surface area contributed by atoms with E-state index in [1.807, 2.05) is 44.3 Å². The molecule has 0 saturated heterocycles. The standard InChI is InChI=1S/C12H13NO2.C9H11NO.2CH4/c1-8-4-9-5-11(14-2)12(15-3)6-10(9)13-7-8;1-7-3-4-9(6-10-7)5-8(2)11;;/h4-7H,1-3H3;3-4,6H,5H2,1-2H3;2*1H4. The van der Waals surface area contributed by atoms with Crippen molar-refractivity contribution in [1.82, 2.24) is 9.97 Å². The number of ether oxygens (including phenoxy) is 2. The molecule has 2 heterocycles. The van der Waals surface area contributed by atoms with E-state index in [-0.39, 0.29) is 20.6 Å². The summed E-state index contributed by atoms with van der Waals surface area (Å²) in [7, 11) is 3.25. The minimum atomic E-state index is 0. The lowest BCUT2D eigenvalue weighted by Crippen LogP contribution is -1.96. The molecule has 5 heteroatoms. The van der Waals surface area contributed by atoms with Crippen LogP contribution in [-0.2, 0) is 11.2 Å². The second kappa shape index (κ2) is 11.7. The van der Waals surface area contributed by atoms with E-state index in [1.54, 1.807) is 27.3 Å². The first-order valence-corrected chi connectivity index (χ1v) is 8.32. The maximum atomic E-state index is 10.7. The number of aryl methyl sites for hydroxylation is 2. The molecule has 0 unspecified atom stereocenters. The van der Waals surface area contributed by atoms with Gasteiger partial charge in [-0.2, -0.15) is 0 Å². The summed E-state index contributed by atoms with van der Waals surface area (Å²) in [6, 6.07) is 9.74. The fraction of sp³-hybridized carbons (Fsp3) is 0.348. The quantitative estimate of drug-likeness (QED) is 0.606. The van der Waals surface area contributed by atoms with Crippen LogP contribution in [0.2, 0.25) is 0 Å². The van der Waals surface area contributed by atoms with Crippen molar-refractivity contribution in [1.29, 1.82) is 0 Å². The molecule has 0 N–H and O–H groups in total. The zero-order valence-electron chi connectivity index (χ0n) is 15.9. The van der Waals surface area contributed by atoms with Crippen molar-refractivity contribution in [3.8, 4) is 11.5 Å². The van der Waals surface area contributed by atoms with Gasteiger partial charge in [-0.3, -0.25) is 14.8 Å². The van der Waals surface area contributed by atoms with Crippen LogP contribution in [0, 0.1) is 13.8 Å². The maximum Gasteiger partial charge on any atom is 0.162 e. The summed E-state index contributed by atoms with van der Waals surface area (Å²) in [5, 5.41) is 1.06. The zero-order valence-corrected chi connectivity index (χ0v) is 15.9.